The van der Waals surface area contributed by atoms with Crippen LogP contribution < -0.4 is 10.5 Å². The van der Waals surface area contributed by atoms with Gasteiger partial charge in [0.15, 0.2) is 0 Å². The molecule has 0 spiro atoms. The second-order valence-electron chi connectivity index (χ2n) is 3.21. The van der Waals surface area contributed by atoms with Gasteiger partial charge in [-0.25, -0.2) is 5.21 Å². The first-order valence-electron chi connectivity index (χ1n) is 4.43. The third-order valence-electron chi connectivity index (χ3n) is 2.07. The number of hydrogen-bond acceptors (Lipinski definition) is 3. The number of carbonyl (C=O) groups is 1. The lowest BCUT2D eigenvalue weighted by atomic mass is 10.1. The average Bonchev–Trinajstić information content (AvgIpc) is 2.25. The molecule has 0 saturated carbocycles. The van der Waals surface area contributed by atoms with Gasteiger partial charge in [-0.1, -0.05) is 0 Å². The second-order valence-corrected chi connectivity index (χ2v) is 3.21. The minimum absolute atomic E-state index is 0.439. The molecule has 0 fully saturated rings. The van der Waals surface area contributed by atoms with Crippen LogP contribution in [-0.2, 0) is 6.18 Å². The molecule has 0 heterocycles. The summed E-state index contributed by atoms with van der Waals surface area (Å²) in [6.45, 7) is 0. The zero-order valence-corrected chi connectivity index (χ0v) is 8.99. The van der Waals surface area contributed by atoms with E-state index in [1.807, 2.05) is 0 Å². The first-order valence-corrected chi connectivity index (χ1v) is 4.43. The van der Waals surface area contributed by atoms with Crippen molar-refractivity contribution in [2.75, 3.05) is 7.11 Å². The summed E-state index contributed by atoms with van der Waals surface area (Å²) in [5.41, 5.74) is 2.02. The number of ether oxygens (including phenoxy) is 1. The van der Waals surface area contributed by atoms with E-state index in [4.69, 9.17) is 10.9 Å². The molecule has 3 N–H and O–H groups in total. The minimum atomic E-state index is -4.87. The molecule has 0 aliphatic carbocycles. The molecule has 0 aliphatic heterocycles. The van der Waals surface area contributed by atoms with Gasteiger partial charge in [-0.2, -0.15) is 13.2 Å². The first-order chi connectivity index (χ1) is 8.18. The molecule has 18 heavy (non-hydrogen) atoms. The van der Waals surface area contributed by atoms with Crippen molar-refractivity contribution >= 4 is 11.6 Å². The average molecular weight is 265 g/mol. The SMILES string of the molecule is COc1c([N+](=O)O)cc(C(N)=O)cc1C(F)(F)F. The van der Waals surface area contributed by atoms with Crippen LogP contribution in [0.2, 0.25) is 0 Å². The van der Waals surface area contributed by atoms with Crippen molar-refractivity contribution in [2.45, 2.75) is 6.18 Å². The molecule has 0 radical (unpaired) electrons. The van der Waals surface area contributed by atoms with Gasteiger partial charge in [0, 0.05) is 11.6 Å². The van der Waals surface area contributed by atoms with E-state index in [0.717, 1.165) is 7.11 Å². The summed E-state index contributed by atoms with van der Waals surface area (Å²) < 4.78 is 42.5. The number of rotatable bonds is 3. The van der Waals surface area contributed by atoms with Crippen LogP contribution in [0.5, 0.6) is 5.75 Å². The highest BCUT2D eigenvalue weighted by Crippen LogP contribution is 2.41. The highest BCUT2D eigenvalue weighted by Gasteiger charge is 2.40. The van der Waals surface area contributed by atoms with Gasteiger partial charge in [-0.3, -0.25) is 4.79 Å². The summed E-state index contributed by atoms with van der Waals surface area (Å²) in [7, 11) is 0.890. The third-order valence-corrected chi connectivity index (χ3v) is 2.07. The molecular weight excluding hydrogens is 257 g/mol. The number of halogens is 3. The molecule has 1 rings (SSSR count). The number of nitrogens with zero attached hydrogens (tertiary/aromatic N) is 1. The molecule has 0 aliphatic rings. The molecule has 1 amide bonds. The number of nitrogens with two attached hydrogens (primary N) is 1. The van der Waals surface area contributed by atoms with Gasteiger partial charge < -0.3 is 10.5 Å². The fraction of sp³-hybridized carbons (Fsp3) is 0.222. The number of amides is 1. The largest absolute Gasteiger partial charge is 0.490 e. The van der Waals surface area contributed by atoms with Crippen LogP contribution in [0.1, 0.15) is 15.9 Å². The maximum Gasteiger partial charge on any atom is 0.420 e. The molecule has 0 unspecified atom stereocenters. The smallest absolute Gasteiger partial charge is 0.420 e. The number of methoxy groups -OCH3 is 1. The molecule has 0 bridgehead atoms. The van der Waals surface area contributed by atoms with E-state index in [0.29, 0.717) is 12.1 Å². The van der Waals surface area contributed by atoms with E-state index in [2.05, 4.69) is 4.74 Å². The first kappa shape index (κ1) is 13.7. The lowest BCUT2D eigenvalue weighted by Crippen LogP contribution is -2.16. The van der Waals surface area contributed by atoms with Crippen molar-refractivity contribution in [1.82, 2.24) is 0 Å². The maximum absolute atomic E-state index is 12.7. The van der Waals surface area contributed by atoms with E-state index in [1.54, 1.807) is 0 Å². The van der Waals surface area contributed by atoms with Crippen molar-refractivity contribution in [2.24, 2.45) is 5.73 Å². The normalized spacial score (nSPS) is 11.1. The Morgan fingerprint density at radius 3 is 2.33 bits per heavy atom. The molecule has 98 valence electrons. The van der Waals surface area contributed by atoms with E-state index >= 15 is 0 Å². The van der Waals surface area contributed by atoms with Gasteiger partial charge in [-0.05, 0) is 6.07 Å². The number of carbonyl (C=O) groups excluding carboxylic acids is 1. The Balaban J connectivity index is 3.67. The summed E-state index contributed by atoms with van der Waals surface area (Å²) in [5.74, 6) is -2.07. The summed E-state index contributed by atoms with van der Waals surface area (Å²) >= 11 is 0. The highest BCUT2D eigenvalue weighted by atomic mass is 19.4. The van der Waals surface area contributed by atoms with Crippen LogP contribution >= 0.6 is 0 Å². The molecular formula is C9H8F3N2O4+. The monoisotopic (exact) mass is 265 g/mol. The molecule has 0 aromatic heterocycles. The van der Waals surface area contributed by atoms with E-state index < -0.39 is 39.6 Å². The molecule has 1 aromatic rings. The fourth-order valence-electron chi connectivity index (χ4n) is 1.32. The van der Waals surface area contributed by atoms with Crippen LogP contribution in [0.25, 0.3) is 0 Å². The van der Waals surface area contributed by atoms with Crippen LogP contribution in [-0.4, -0.2) is 23.1 Å². The second kappa shape index (κ2) is 4.51. The van der Waals surface area contributed by atoms with Crippen molar-refractivity contribution in [3.05, 3.63) is 28.2 Å². The standard InChI is InChI=1S/C9H7F3N2O4/c1-18-7-5(9(10,11)12)2-4(8(13)15)3-6(7)14(16)17/h2-3H,1H3,(H2-,13,15,16,17)/p+1. The fourth-order valence-corrected chi connectivity index (χ4v) is 1.32. The number of hydrogen-bond donors (Lipinski definition) is 2. The third kappa shape index (κ3) is 2.50. The van der Waals surface area contributed by atoms with Crippen molar-refractivity contribution in [1.29, 1.82) is 0 Å². The molecule has 1 aromatic carbocycles. The molecule has 0 atom stereocenters. The quantitative estimate of drug-likeness (QED) is 0.812. The summed E-state index contributed by atoms with van der Waals surface area (Å²) in [6, 6.07) is 1.14. The van der Waals surface area contributed by atoms with Crippen molar-refractivity contribution < 1.29 is 32.8 Å². The van der Waals surface area contributed by atoms with E-state index in [-0.39, 0.29) is 0 Å². The van der Waals surface area contributed by atoms with Gasteiger partial charge in [0.25, 0.3) is 4.92 Å². The lowest BCUT2D eigenvalue weighted by Gasteiger charge is -2.11. The van der Waals surface area contributed by atoms with Gasteiger partial charge in [0.1, 0.15) is 5.56 Å². The molecule has 6 nitrogen and oxygen atoms in total. The van der Waals surface area contributed by atoms with Gasteiger partial charge in [0.2, 0.25) is 11.7 Å². The van der Waals surface area contributed by atoms with Gasteiger partial charge >= 0.3 is 11.9 Å². The van der Waals surface area contributed by atoms with Gasteiger partial charge in [0.05, 0.1) is 12.0 Å². The van der Waals surface area contributed by atoms with Crippen molar-refractivity contribution in [3.8, 4) is 5.75 Å². The Morgan fingerprint density at radius 2 is 2.00 bits per heavy atom. The van der Waals surface area contributed by atoms with E-state index in [1.165, 1.54) is 0 Å². The predicted molar refractivity (Wildman–Crippen MR) is 51.6 cm³/mol. The number of primary amides is 1. The Hall–Kier alpha value is -2.32. The maximum atomic E-state index is 12.7. The summed E-state index contributed by atoms with van der Waals surface area (Å²) in [4.78, 5) is 20.8. The number of alkyl halides is 3. The van der Waals surface area contributed by atoms with Gasteiger partial charge in [-0.15, -0.1) is 0 Å². The summed E-state index contributed by atoms with van der Waals surface area (Å²) in [5, 5.41) is 8.71. The molecule has 0 saturated heterocycles. The van der Waals surface area contributed by atoms with Crippen LogP contribution in [0.15, 0.2) is 12.1 Å². The Bertz CT molecular complexity index is 513. The topological polar surface area (TPSA) is 92.6 Å². The zero-order valence-electron chi connectivity index (χ0n) is 8.99. The Labute approximate surface area is 98.3 Å². The summed E-state index contributed by atoms with van der Waals surface area (Å²) in [6.07, 6.45) is -4.87. The lowest BCUT2D eigenvalue weighted by molar-refractivity contribution is -0.730. The molecule has 9 heteroatoms. The van der Waals surface area contributed by atoms with Crippen molar-refractivity contribution in [3.63, 3.8) is 0 Å². The zero-order chi connectivity index (χ0) is 14.1. The minimum Gasteiger partial charge on any atom is -0.490 e. The number of benzene rings is 1. The van der Waals surface area contributed by atoms with Crippen LogP contribution in [0.4, 0.5) is 18.9 Å². The van der Waals surface area contributed by atoms with E-state index in [9.17, 15) is 22.9 Å². The Morgan fingerprint density at radius 1 is 1.44 bits per heavy atom. The Kier molecular flexibility index (Phi) is 3.44. The highest BCUT2D eigenvalue weighted by molar-refractivity contribution is 5.94. The van der Waals surface area contributed by atoms with Crippen LogP contribution in [0.3, 0.4) is 0 Å². The predicted octanol–water partition coefficient (Wildman–Crippen LogP) is 1.61. The van der Waals surface area contributed by atoms with Crippen LogP contribution in [0, 0.1) is 4.91 Å².